The summed E-state index contributed by atoms with van der Waals surface area (Å²) in [4.78, 5) is 22.0. The zero-order valence-corrected chi connectivity index (χ0v) is 19.3. The van der Waals surface area contributed by atoms with Crippen molar-refractivity contribution in [2.75, 3.05) is 13.2 Å². The molecule has 0 saturated carbocycles. The van der Waals surface area contributed by atoms with E-state index < -0.39 is 0 Å². The van der Waals surface area contributed by atoms with Crippen molar-refractivity contribution in [3.05, 3.63) is 89.8 Å². The van der Waals surface area contributed by atoms with Crippen LogP contribution in [0.25, 0.3) is 33.7 Å². The van der Waals surface area contributed by atoms with Gasteiger partial charge in [-0.15, -0.1) is 0 Å². The quantitative estimate of drug-likeness (QED) is 0.344. The molecule has 5 aromatic rings. The van der Waals surface area contributed by atoms with Gasteiger partial charge in [-0.2, -0.15) is 0 Å². The molecule has 8 heteroatoms. The standard InChI is InChI=1S/C27H25FN6O/c1-17-5-4-8-22(31-17)27-26(33-24(34-27)12-10-18-6-2-3-7-20(18)28)19-9-11-21-23(15-19)32-25(16-30-21)35-14-13-29/h2-9,11,15-16H,10,12-14,29H2,1H3,(H,33,34). The Bertz CT molecular complexity index is 1480. The highest BCUT2D eigenvalue weighted by molar-refractivity contribution is 5.85. The first-order chi connectivity index (χ1) is 17.1. The van der Waals surface area contributed by atoms with Crippen LogP contribution < -0.4 is 10.5 Å². The smallest absolute Gasteiger partial charge is 0.232 e. The van der Waals surface area contributed by atoms with Crippen LogP contribution in [-0.2, 0) is 12.8 Å². The monoisotopic (exact) mass is 468 g/mol. The molecule has 0 amide bonds. The molecule has 35 heavy (non-hydrogen) atoms. The van der Waals surface area contributed by atoms with Crippen LogP contribution >= 0.6 is 0 Å². The van der Waals surface area contributed by atoms with E-state index in [1.807, 2.05) is 49.4 Å². The molecule has 0 bridgehead atoms. The lowest BCUT2D eigenvalue weighted by atomic mass is 10.1. The SMILES string of the molecule is Cc1cccc(-c2[nH]c(CCc3ccccc3F)nc2-c2ccc3ncc(OCCN)nc3c2)n1. The summed E-state index contributed by atoms with van der Waals surface area (Å²) in [6.07, 6.45) is 2.69. The van der Waals surface area contributed by atoms with E-state index in [4.69, 9.17) is 20.4 Å². The Kier molecular flexibility index (Phi) is 6.45. The fourth-order valence-electron chi connectivity index (χ4n) is 3.95. The molecular weight excluding hydrogens is 443 g/mol. The number of pyridine rings is 1. The van der Waals surface area contributed by atoms with Crippen molar-refractivity contribution in [3.63, 3.8) is 0 Å². The van der Waals surface area contributed by atoms with Crippen LogP contribution in [0.2, 0.25) is 0 Å². The van der Waals surface area contributed by atoms with Gasteiger partial charge in [0, 0.05) is 24.2 Å². The van der Waals surface area contributed by atoms with Gasteiger partial charge in [0.1, 0.15) is 18.2 Å². The molecule has 5 rings (SSSR count). The fourth-order valence-corrected chi connectivity index (χ4v) is 3.95. The Labute approximate surface area is 202 Å². The van der Waals surface area contributed by atoms with E-state index in [1.165, 1.54) is 6.07 Å². The molecule has 3 N–H and O–H groups in total. The van der Waals surface area contributed by atoms with Crippen LogP contribution in [0.15, 0.2) is 66.9 Å². The maximum absolute atomic E-state index is 14.1. The zero-order chi connectivity index (χ0) is 24.2. The number of aromatic nitrogens is 5. The molecule has 0 atom stereocenters. The van der Waals surface area contributed by atoms with Gasteiger partial charge in [0.25, 0.3) is 0 Å². The number of nitrogens with zero attached hydrogens (tertiary/aromatic N) is 4. The second-order valence-electron chi connectivity index (χ2n) is 8.21. The summed E-state index contributed by atoms with van der Waals surface area (Å²) < 4.78 is 19.7. The molecule has 0 unspecified atom stereocenters. The van der Waals surface area contributed by atoms with Crippen LogP contribution in [0, 0.1) is 12.7 Å². The molecule has 0 spiro atoms. The highest BCUT2D eigenvalue weighted by atomic mass is 19.1. The van der Waals surface area contributed by atoms with E-state index in [2.05, 4.69) is 15.0 Å². The predicted octanol–water partition coefficient (Wildman–Crippen LogP) is 4.65. The third-order valence-electron chi connectivity index (χ3n) is 5.65. The van der Waals surface area contributed by atoms with Gasteiger partial charge in [0.2, 0.25) is 5.88 Å². The average molecular weight is 469 g/mol. The molecule has 0 aliphatic carbocycles. The summed E-state index contributed by atoms with van der Waals surface area (Å²) in [6, 6.07) is 18.5. The van der Waals surface area contributed by atoms with E-state index in [1.54, 1.807) is 18.3 Å². The minimum Gasteiger partial charge on any atom is -0.475 e. The lowest BCUT2D eigenvalue weighted by molar-refractivity contribution is 0.315. The number of aryl methyl sites for hydroxylation is 3. The third kappa shape index (κ3) is 5.02. The summed E-state index contributed by atoms with van der Waals surface area (Å²) in [7, 11) is 0. The number of H-pyrrole nitrogens is 1. The van der Waals surface area contributed by atoms with Gasteiger partial charge in [-0.3, -0.25) is 4.98 Å². The number of nitrogens with one attached hydrogen (secondary N) is 1. The molecule has 2 aromatic carbocycles. The van der Waals surface area contributed by atoms with Crippen LogP contribution in [0.4, 0.5) is 4.39 Å². The molecule has 3 aromatic heterocycles. The van der Waals surface area contributed by atoms with Crippen LogP contribution in [0.3, 0.4) is 0 Å². The summed E-state index contributed by atoms with van der Waals surface area (Å²) in [5, 5.41) is 0. The van der Waals surface area contributed by atoms with Gasteiger partial charge in [-0.1, -0.05) is 30.3 Å². The fraction of sp³-hybridized carbons (Fsp3) is 0.185. The molecule has 0 aliphatic rings. The number of halogens is 1. The Morgan fingerprint density at radius 2 is 1.83 bits per heavy atom. The molecule has 7 nitrogen and oxygen atoms in total. The van der Waals surface area contributed by atoms with Crippen LogP contribution in [0.5, 0.6) is 5.88 Å². The second kappa shape index (κ2) is 9.99. The van der Waals surface area contributed by atoms with Gasteiger partial charge >= 0.3 is 0 Å². The summed E-state index contributed by atoms with van der Waals surface area (Å²) >= 11 is 0. The minimum atomic E-state index is -0.208. The summed E-state index contributed by atoms with van der Waals surface area (Å²) in [5.41, 5.74) is 11.8. The first-order valence-corrected chi connectivity index (χ1v) is 11.5. The van der Waals surface area contributed by atoms with E-state index >= 15 is 0 Å². The third-order valence-corrected chi connectivity index (χ3v) is 5.65. The lowest BCUT2D eigenvalue weighted by Crippen LogP contribution is -2.11. The lowest BCUT2D eigenvalue weighted by Gasteiger charge is -2.07. The first kappa shape index (κ1) is 22.6. The van der Waals surface area contributed by atoms with E-state index in [0.29, 0.717) is 43.0 Å². The number of fused-ring (bicyclic) bond motifs is 1. The molecule has 0 fully saturated rings. The number of hydrogen-bond donors (Lipinski definition) is 2. The van der Waals surface area contributed by atoms with E-state index in [0.717, 1.165) is 39.7 Å². The van der Waals surface area contributed by atoms with Crippen LogP contribution in [0.1, 0.15) is 17.1 Å². The Hall–Kier alpha value is -4.17. The molecule has 3 heterocycles. The summed E-state index contributed by atoms with van der Waals surface area (Å²) in [6.45, 7) is 2.72. The normalized spacial score (nSPS) is 11.2. The van der Waals surface area contributed by atoms with E-state index in [9.17, 15) is 4.39 Å². The number of aromatic amines is 1. The Balaban J connectivity index is 1.54. The topological polar surface area (TPSA) is 103 Å². The number of ether oxygens (including phenoxy) is 1. The van der Waals surface area contributed by atoms with Crippen molar-refractivity contribution in [2.45, 2.75) is 19.8 Å². The minimum absolute atomic E-state index is 0.208. The number of benzene rings is 2. The highest BCUT2D eigenvalue weighted by Gasteiger charge is 2.17. The number of rotatable bonds is 8. The molecule has 0 radical (unpaired) electrons. The number of hydrogen-bond acceptors (Lipinski definition) is 6. The van der Waals surface area contributed by atoms with Crippen LogP contribution in [-0.4, -0.2) is 38.1 Å². The number of nitrogens with two attached hydrogens (primary N) is 1. The average Bonchev–Trinajstić information content (AvgIpc) is 3.31. The highest BCUT2D eigenvalue weighted by Crippen LogP contribution is 2.31. The van der Waals surface area contributed by atoms with Crippen molar-refractivity contribution >= 4 is 11.0 Å². The van der Waals surface area contributed by atoms with Gasteiger partial charge in [-0.25, -0.2) is 19.3 Å². The predicted molar refractivity (Wildman–Crippen MR) is 133 cm³/mol. The maximum atomic E-state index is 14.1. The molecule has 0 saturated heterocycles. The second-order valence-corrected chi connectivity index (χ2v) is 8.21. The Morgan fingerprint density at radius 3 is 2.66 bits per heavy atom. The summed E-state index contributed by atoms with van der Waals surface area (Å²) in [5.74, 6) is 0.974. The van der Waals surface area contributed by atoms with Crippen molar-refractivity contribution in [1.82, 2.24) is 24.9 Å². The molecular formula is C27H25FN6O. The van der Waals surface area contributed by atoms with Gasteiger partial charge in [0.05, 0.1) is 34.3 Å². The first-order valence-electron chi connectivity index (χ1n) is 11.5. The molecule has 176 valence electrons. The molecule has 0 aliphatic heterocycles. The van der Waals surface area contributed by atoms with Gasteiger partial charge < -0.3 is 15.5 Å². The number of imidazole rings is 1. The van der Waals surface area contributed by atoms with Crippen molar-refractivity contribution in [1.29, 1.82) is 0 Å². The van der Waals surface area contributed by atoms with E-state index in [-0.39, 0.29) is 5.82 Å². The zero-order valence-electron chi connectivity index (χ0n) is 19.3. The maximum Gasteiger partial charge on any atom is 0.232 e. The van der Waals surface area contributed by atoms with Gasteiger partial charge in [-0.05, 0) is 49.2 Å². The van der Waals surface area contributed by atoms with Crippen molar-refractivity contribution < 1.29 is 9.13 Å². The Morgan fingerprint density at radius 1 is 0.943 bits per heavy atom. The van der Waals surface area contributed by atoms with Gasteiger partial charge in [0.15, 0.2) is 0 Å². The van der Waals surface area contributed by atoms with Crippen molar-refractivity contribution in [2.24, 2.45) is 5.73 Å². The largest absolute Gasteiger partial charge is 0.475 e. The van der Waals surface area contributed by atoms with Crippen molar-refractivity contribution in [3.8, 4) is 28.5 Å².